The normalized spacial score (nSPS) is 35.3. The predicted molar refractivity (Wildman–Crippen MR) is 48.5 cm³/mol. The van der Waals surface area contributed by atoms with Gasteiger partial charge in [0.15, 0.2) is 0 Å². The Balaban J connectivity index is 2.20. The lowest BCUT2D eigenvalue weighted by Crippen LogP contribution is -2.06. The molecule has 1 aliphatic heterocycles. The van der Waals surface area contributed by atoms with Crippen LogP contribution in [-0.4, -0.2) is 32.6 Å². The van der Waals surface area contributed by atoms with E-state index in [4.69, 9.17) is 5.11 Å². The quantitative estimate of drug-likeness (QED) is 0.725. The first kappa shape index (κ1) is 8.24. The minimum atomic E-state index is 0.334. The number of halogens is 1. The van der Waals surface area contributed by atoms with Gasteiger partial charge in [-0.05, 0) is 0 Å². The molecule has 0 saturated carbocycles. The van der Waals surface area contributed by atoms with Gasteiger partial charge in [0, 0.05) is 16.3 Å². The standard InChI is InChI=1S/C5H9BrOS2/c6-1-5-8-3-4(2-7)9-5/h4-5,7H,1-3H2. The van der Waals surface area contributed by atoms with Crippen LogP contribution in [0.25, 0.3) is 0 Å². The van der Waals surface area contributed by atoms with E-state index < -0.39 is 0 Å². The fourth-order valence-corrected chi connectivity index (χ4v) is 4.49. The first-order chi connectivity index (χ1) is 4.36. The van der Waals surface area contributed by atoms with E-state index >= 15 is 0 Å². The molecule has 1 nitrogen and oxygen atoms in total. The van der Waals surface area contributed by atoms with Crippen LogP contribution in [-0.2, 0) is 0 Å². The molecule has 2 atom stereocenters. The summed E-state index contributed by atoms with van der Waals surface area (Å²) >= 11 is 7.22. The lowest BCUT2D eigenvalue weighted by atomic mass is 10.5. The van der Waals surface area contributed by atoms with Crippen LogP contribution >= 0.6 is 39.5 Å². The highest BCUT2D eigenvalue weighted by Gasteiger charge is 2.23. The summed E-state index contributed by atoms with van der Waals surface area (Å²) in [7, 11) is 0. The van der Waals surface area contributed by atoms with Gasteiger partial charge in [-0.1, -0.05) is 15.9 Å². The zero-order chi connectivity index (χ0) is 6.69. The van der Waals surface area contributed by atoms with Crippen molar-refractivity contribution in [2.75, 3.05) is 17.7 Å². The summed E-state index contributed by atoms with van der Waals surface area (Å²) in [6, 6.07) is 0. The van der Waals surface area contributed by atoms with E-state index in [1.165, 1.54) is 0 Å². The summed E-state index contributed by atoms with van der Waals surface area (Å²) in [5.41, 5.74) is 0. The van der Waals surface area contributed by atoms with Crippen molar-refractivity contribution in [1.82, 2.24) is 0 Å². The molecule has 1 rings (SSSR count). The second kappa shape index (κ2) is 4.11. The minimum Gasteiger partial charge on any atom is -0.395 e. The summed E-state index contributed by atoms with van der Waals surface area (Å²) < 4.78 is 0.669. The molecule has 54 valence electrons. The SMILES string of the molecule is OCC1CSC(CBr)S1. The molecule has 1 N–H and O–H groups in total. The maximum absolute atomic E-state index is 8.73. The van der Waals surface area contributed by atoms with E-state index in [9.17, 15) is 0 Å². The van der Waals surface area contributed by atoms with Crippen molar-refractivity contribution >= 4 is 39.5 Å². The Morgan fingerprint density at radius 3 is 2.78 bits per heavy atom. The summed E-state index contributed by atoms with van der Waals surface area (Å²) in [6.07, 6.45) is 0. The van der Waals surface area contributed by atoms with Gasteiger partial charge in [-0.15, -0.1) is 23.5 Å². The Labute approximate surface area is 72.1 Å². The van der Waals surface area contributed by atoms with E-state index in [1.54, 1.807) is 0 Å². The predicted octanol–water partition coefficient (Wildman–Crippen LogP) is 1.55. The van der Waals surface area contributed by atoms with Crippen LogP contribution in [0.1, 0.15) is 0 Å². The van der Waals surface area contributed by atoms with E-state index in [-0.39, 0.29) is 0 Å². The molecule has 0 aromatic rings. The molecule has 9 heavy (non-hydrogen) atoms. The van der Waals surface area contributed by atoms with Crippen molar-refractivity contribution in [2.24, 2.45) is 0 Å². The molecule has 1 heterocycles. The molecule has 1 saturated heterocycles. The number of hydrogen-bond acceptors (Lipinski definition) is 3. The van der Waals surface area contributed by atoms with Gasteiger partial charge in [-0.3, -0.25) is 0 Å². The van der Waals surface area contributed by atoms with Crippen molar-refractivity contribution in [2.45, 2.75) is 9.83 Å². The lowest BCUT2D eigenvalue weighted by Gasteiger charge is -2.02. The highest BCUT2D eigenvalue weighted by atomic mass is 79.9. The van der Waals surface area contributed by atoms with Gasteiger partial charge in [-0.25, -0.2) is 0 Å². The zero-order valence-electron chi connectivity index (χ0n) is 4.92. The Kier molecular flexibility index (Phi) is 3.76. The third-order valence-corrected chi connectivity index (χ3v) is 5.90. The van der Waals surface area contributed by atoms with Gasteiger partial charge in [-0.2, -0.15) is 0 Å². The van der Waals surface area contributed by atoms with Crippen LogP contribution in [0.5, 0.6) is 0 Å². The molecule has 0 aromatic carbocycles. The Morgan fingerprint density at radius 2 is 2.44 bits per heavy atom. The zero-order valence-corrected chi connectivity index (χ0v) is 8.14. The molecule has 1 aliphatic rings. The first-order valence-electron chi connectivity index (χ1n) is 2.80. The number of aliphatic hydroxyl groups is 1. The molecule has 1 fully saturated rings. The molecule has 0 amide bonds. The van der Waals surface area contributed by atoms with Crippen molar-refractivity contribution in [3.05, 3.63) is 0 Å². The average molecular weight is 229 g/mol. The van der Waals surface area contributed by atoms with Gasteiger partial charge in [0.05, 0.1) is 11.2 Å². The van der Waals surface area contributed by atoms with Crippen molar-refractivity contribution in [1.29, 1.82) is 0 Å². The van der Waals surface area contributed by atoms with Crippen LogP contribution in [0.15, 0.2) is 0 Å². The van der Waals surface area contributed by atoms with Crippen LogP contribution < -0.4 is 0 Å². The van der Waals surface area contributed by atoms with E-state index in [0.29, 0.717) is 16.4 Å². The fraction of sp³-hybridized carbons (Fsp3) is 1.00. The minimum absolute atomic E-state index is 0.334. The second-order valence-electron chi connectivity index (χ2n) is 1.86. The smallest absolute Gasteiger partial charge is 0.0603 e. The largest absolute Gasteiger partial charge is 0.395 e. The van der Waals surface area contributed by atoms with Gasteiger partial charge in [0.25, 0.3) is 0 Å². The monoisotopic (exact) mass is 228 g/mol. The van der Waals surface area contributed by atoms with Crippen molar-refractivity contribution in [3.63, 3.8) is 0 Å². The summed E-state index contributed by atoms with van der Waals surface area (Å²) in [6.45, 7) is 0.334. The molecule has 0 bridgehead atoms. The first-order valence-corrected chi connectivity index (χ1v) is 5.92. The fourth-order valence-electron chi connectivity index (χ4n) is 0.685. The average Bonchev–Trinajstić information content (AvgIpc) is 2.34. The van der Waals surface area contributed by atoms with E-state index in [2.05, 4.69) is 15.9 Å². The third-order valence-electron chi connectivity index (χ3n) is 1.14. The van der Waals surface area contributed by atoms with Crippen molar-refractivity contribution < 1.29 is 5.11 Å². The Hall–Kier alpha value is 1.14. The topological polar surface area (TPSA) is 20.2 Å². The maximum Gasteiger partial charge on any atom is 0.0603 e. The Bertz CT molecular complexity index is 81.0. The number of rotatable bonds is 2. The summed E-state index contributed by atoms with van der Waals surface area (Å²) in [4.78, 5) is 0. The van der Waals surface area contributed by atoms with Crippen LogP contribution in [0.3, 0.4) is 0 Å². The van der Waals surface area contributed by atoms with Gasteiger partial charge in [0.1, 0.15) is 0 Å². The number of hydrogen-bond donors (Lipinski definition) is 1. The molecule has 4 heteroatoms. The maximum atomic E-state index is 8.73. The number of alkyl halides is 1. The molecule has 2 unspecified atom stereocenters. The van der Waals surface area contributed by atoms with Gasteiger partial charge >= 0.3 is 0 Å². The second-order valence-corrected chi connectivity index (χ2v) is 5.55. The highest BCUT2D eigenvalue weighted by Crippen LogP contribution is 2.38. The lowest BCUT2D eigenvalue weighted by molar-refractivity contribution is 0.301. The molecule has 0 aliphatic carbocycles. The molecular weight excluding hydrogens is 220 g/mol. The number of thioether (sulfide) groups is 2. The van der Waals surface area contributed by atoms with Crippen LogP contribution in [0.4, 0.5) is 0 Å². The molecule has 0 radical (unpaired) electrons. The van der Waals surface area contributed by atoms with E-state index in [1.807, 2.05) is 23.5 Å². The van der Waals surface area contributed by atoms with Gasteiger partial charge in [0.2, 0.25) is 0 Å². The highest BCUT2D eigenvalue weighted by molar-refractivity contribution is 9.09. The molecular formula is C5H9BrOS2. The Morgan fingerprint density at radius 1 is 1.67 bits per heavy atom. The molecule has 0 aromatic heterocycles. The molecule has 0 spiro atoms. The summed E-state index contributed by atoms with van der Waals surface area (Å²) in [5, 5.41) is 10.3. The van der Waals surface area contributed by atoms with Gasteiger partial charge < -0.3 is 5.11 Å². The van der Waals surface area contributed by atoms with Crippen LogP contribution in [0, 0.1) is 0 Å². The number of aliphatic hydroxyl groups excluding tert-OH is 1. The van der Waals surface area contributed by atoms with Crippen molar-refractivity contribution in [3.8, 4) is 0 Å². The van der Waals surface area contributed by atoms with Crippen LogP contribution in [0.2, 0.25) is 0 Å². The summed E-state index contributed by atoms with van der Waals surface area (Å²) in [5.74, 6) is 1.11. The third kappa shape index (κ3) is 2.33. The van der Waals surface area contributed by atoms with E-state index in [0.717, 1.165) is 11.1 Å².